The number of aromatic nitrogens is 4. The lowest BCUT2D eigenvalue weighted by Crippen LogP contribution is -2.16. The largest absolute Gasteiger partial charge is 0.465 e. The van der Waals surface area contributed by atoms with Crippen molar-refractivity contribution in [3.8, 4) is 11.4 Å². The van der Waals surface area contributed by atoms with Gasteiger partial charge in [0, 0.05) is 24.5 Å². The summed E-state index contributed by atoms with van der Waals surface area (Å²) >= 11 is 2.11. The highest BCUT2D eigenvalue weighted by Gasteiger charge is 2.25. The fraction of sp³-hybridized carbons (Fsp3) is 0.200. The third-order valence-electron chi connectivity index (χ3n) is 4.31. The molecule has 166 valence electrons. The molecule has 0 aromatic carbocycles. The number of carbonyl (C=O) groups excluding carboxylic acids is 3. The molecule has 0 aliphatic rings. The van der Waals surface area contributed by atoms with Gasteiger partial charge in [0.05, 0.1) is 23.3 Å². The van der Waals surface area contributed by atoms with E-state index < -0.39 is 17.8 Å². The fourth-order valence-electron chi connectivity index (χ4n) is 2.88. The SMILES string of the molecule is C=CCn1c(SCC(=O)Nc2sc(C(N)=O)c(C)c2C(=O)OC)nnc1-c1ccncc1. The first kappa shape index (κ1) is 23.2. The molecule has 12 heteroatoms. The summed E-state index contributed by atoms with van der Waals surface area (Å²) in [6, 6.07) is 3.63. The van der Waals surface area contributed by atoms with Gasteiger partial charge >= 0.3 is 5.97 Å². The number of anilines is 1. The number of methoxy groups -OCH3 is 1. The summed E-state index contributed by atoms with van der Waals surface area (Å²) in [5, 5.41) is 11.8. The van der Waals surface area contributed by atoms with E-state index >= 15 is 0 Å². The molecule has 0 unspecified atom stereocenters. The standard InChI is InChI=1S/C20H20N6O4S2/c1-4-9-26-17(12-5-7-22-8-6-12)24-25-20(26)31-10-13(27)23-18-14(19(29)30-3)11(2)15(32-18)16(21)28/h4-8H,1,9-10H2,2-3H3,(H2,21,28)(H,23,27). The zero-order chi connectivity index (χ0) is 23.3. The third kappa shape index (κ3) is 4.86. The lowest BCUT2D eigenvalue weighted by Gasteiger charge is -2.08. The van der Waals surface area contributed by atoms with Crippen LogP contribution in [0.5, 0.6) is 0 Å². The molecule has 0 saturated carbocycles. The van der Waals surface area contributed by atoms with Gasteiger partial charge in [-0.15, -0.1) is 28.1 Å². The van der Waals surface area contributed by atoms with E-state index in [1.807, 2.05) is 16.7 Å². The summed E-state index contributed by atoms with van der Waals surface area (Å²) in [6.45, 7) is 5.79. The van der Waals surface area contributed by atoms with Crippen molar-refractivity contribution in [2.75, 3.05) is 18.2 Å². The van der Waals surface area contributed by atoms with Crippen LogP contribution in [0, 0.1) is 6.92 Å². The average molecular weight is 473 g/mol. The highest BCUT2D eigenvalue weighted by molar-refractivity contribution is 7.99. The number of hydrogen-bond donors (Lipinski definition) is 2. The van der Waals surface area contributed by atoms with Gasteiger partial charge in [0.1, 0.15) is 5.00 Å². The molecule has 3 rings (SSSR count). The van der Waals surface area contributed by atoms with E-state index in [9.17, 15) is 14.4 Å². The van der Waals surface area contributed by atoms with Gasteiger partial charge in [0.15, 0.2) is 11.0 Å². The Morgan fingerprint density at radius 1 is 1.31 bits per heavy atom. The number of rotatable bonds is 9. The van der Waals surface area contributed by atoms with Gasteiger partial charge in [-0.05, 0) is 24.6 Å². The predicted molar refractivity (Wildman–Crippen MR) is 122 cm³/mol. The molecule has 3 aromatic heterocycles. The average Bonchev–Trinajstić information content (AvgIpc) is 3.33. The van der Waals surface area contributed by atoms with E-state index in [2.05, 4.69) is 27.1 Å². The monoisotopic (exact) mass is 472 g/mol. The number of primary amides is 1. The molecule has 3 N–H and O–H groups in total. The molecule has 0 fully saturated rings. The van der Waals surface area contributed by atoms with Crippen LogP contribution in [0.15, 0.2) is 42.3 Å². The summed E-state index contributed by atoms with van der Waals surface area (Å²) in [6.07, 6.45) is 5.02. The summed E-state index contributed by atoms with van der Waals surface area (Å²) in [4.78, 5) is 40.6. The van der Waals surface area contributed by atoms with Gasteiger partial charge in [-0.3, -0.25) is 19.1 Å². The molecule has 3 aromatic rings. The molecule has 10 nitrogen and oxygen atoms in total. The van der Waals surface area contributed by atoms with Crippen molar-refractivity contribution in [3.63, 3.8) is 0 Å². The van der Waals surface area contributed by atoms with Crippen LogP contribution in [0.3, 0.4) is 0 Å². The first-order valence-corrected chi connectivity index (χ1v) is 11.1. The van der Waals surface area contributed by atoms with E-state index in [0.29, 0.717) is 23.1 Å². The van der Waals surface area contributed by atoms with Crippen LogP contribution in [0.2, 0.25) is 0 Å². The molecule has 0 radical (unpaired) electrons. The first-order chi connectivity index (χ1) is 15.4. The molecular weight excluding hydrogens is 452 g/mol. The Labute approximate surface area is 191 Å². The highest BCUT2D eigenvalue weighted by atomic mass is 32.2. The normalized spacial score (nSPS) is 10.6. The van der Waals surface area contributed by atoms with Crippen LogP contribution in [0.1, 0.15) is 25.6 Å². The maximum Gasteiger partial charge on any atom is 0.341 e. The molecule has 0 bridgehead atoms. The van der Waals surface area contributed by atoms with Crippen LogP contribution < -0.4 is 11.1 Å². The van der Waals surface area contributed by atoms with E-state index in [1.165, 1.54) is 18.9 Å². The van der Waals surface area contributed by atoms with E-state index in [4.69, 9.17) is 10.5 Å². The second-order valence-corrected chi connectivity index (χ2v) is 8.36. The van der Waals surface area contributed by atoms with Crippen molar-refractivity contribution in [1.29, 1.82) is 0 Å². The van der Waals surface area contributed by atoms with Crippen LogP contribution in [-0.2, 0) is 16.1 Å². The van der Waals surface area contributed by atoms with E-state index in [1.54, 1.807) is 25.4 Å². The lowest BCUT2D eigenvalue weighted by atomic mass is 10.1. The van der Waals surface area contributed by atoms with E-state index in [-0.39, 0.29) is 21.2 Å². The summed E-state index contributed by atoms with van der Waals surface area (Å²) in [5.41, 5.74) is 6.68. The predicted octanol–water partition coefficient (Wildman–Crippen LogP) is 2.51. The zero-order valence-corrected chi connectivity index (χ0v) is 19.0. The zero-order valence-electron chi connectivity index (χ0n) is 17.3. The molecule has 0 spiro atoms. The Morgan fingerprint density at radius 3 is 2.66 bits per heavy atom. The number of thioether (sulfide) groups is 1. The number of amides is 2. The van der Waals surface area contributed by atoms with Crippen LogP contribution in [0.25, 0.3) is 11.4 Å². The second kappa shape index (κ2) is 10.2. The molecule has 3 heterocycles. The minimum absolute atomic E-state index is 0.00487. The van der Waals surface area contributed by atoms with Crippen LogP contribution in [-0.4, -0.2) is 50.4 Å². The maximum absolute atomic E-state index is 12.6. The first-order valence-electron chi connectivity index (χ1n) is 9.26. The number of nitrogens with one attached hydrogen (secondary N) is 1. The third-order valence-corrected chi connectivity index (χ3v) is 6.50. The molecule has 2 amide bonds. The summed E-state index contributed by atoms with van der Waals surface area (Å²) in [7, 11) is 1.22. The van der Waals surface area contributed by atoms with Crippen molar-refractivity contribution >= 4 is 45.9 Å². The highest BCUT2D eigenvalue weighted by Crippen LogP contribution is 2.33. The lowest BCUT2D eigenvalue weighted by molar-refractivity contribution is -0.113. The van der Waals surface area contributed by atoms with Crippen molar-refractivity contribution < 1.29 is 19.1 Å². The minimum atomic E-state index is -0.686. The van der Waals surface area contributed by atoms with Crippen LogP contribution >= 0.6 is 23.1 Å². The number of nitrogens with two attached hydrogens (primary N) is 1. The summed E-state index contributed by atoms with van der Waals surface area (Å²) in [5.74, 6) is -1.12. The molecule has 0 aliphatic heterocycles. The number of carbonyl (C=O) groups is 3. The molecule has 32 heavy (non-hydrogen) atoms. The molecule has 0 atom stereocenters. The molecule has 0 aliphatic carbocycles. The Morgan fingerprint density at radius 2 is 2.03 bits per heavy atom. The van der Waals surface area contributed by atoms with Crippen molar-refractivity contribution in [2.45, 2.75) is 18.6 Å². The number of thiophene rings is 1. The Hall–Kier alpha value is -3.51. The smallest absolute Gasteiger partial charge is 0.341 e. The number of ether oxygens (including phenoxy) is 1. The molecular formula is C20H20N6O4S2. The number of hydrogen-bond acceptors (Lipinski definition) is 9. The van der Waals surface area contributed by atoms with Gasteiger partial charge in [0.25, 0.3) is 5.91 Å². The maximum atomic E-state index is 12.6. The van der Waals surface area contributed by atoms with Gasteiger partial charge in [-0.25, -0.2) is 4.79 Å². The fourth-order valence-corrected chi connectivity index (χ4v) is 4.69. The molecule has 0 saturated heterocycles. The minimum Gasteiger partial charge on any atom is -0.465 e. The summed E-state index contributed by atoms with van der Waals surface area (Å²) < 4.78 is 6.61. The van der Waals surface area contributed by atoms with Crippen molar-refractivity contribution in [2.24, 2.45) is 5.73 Å². The number of esters is 1. The van der Waals surface area contributed by atoms with Gasteiger partial charge < -0.3 is 15.8 Å². The Kier molecular flexibility index (Phi) is 7.38. The Balaban J connectivity index is 1.78. The van der Waals surface area contributed by atoms with Crippen molar-refractivity contribution in [1.82, 2.24) is 19.7 Å². The Bertz CT molecular complexity index is 1170. The van der Waals surface area contributed by atoms with Gasteiger partial charge in [0.2, 0.25) is 5.91 Å². The number of pyridine rings is 1. The number of allylic oxidation sites excluding steroid dienone is 1. The second-order valence-electron chi connectivity index (χ2n) is 6.39. The van der Waals surface area contributed by atoms with Crippen LogP contribution in [0.4, 0.5) is 5.00 Å². The van der Waals surface area contributed by atoms with E-state index in [0.717, 1.165) is 16.9 Å². The number of nitrogens with zero attached hydrogens (tertiary/aromatic N) is 4. The topological polar surface area (TPSA) is 142 Å². The van der Waals surface area contributed by atoms with Gasteiger partial charge in [-0.1, -0.05) is 17.8 Å². The van der Waals surface area contributed by atoms with Gasteiger partial charge in [-0.2, -0.15) is 0 Å². The van der Waals surface area contributed by atoms with Crippen molar-refractivity contribution in [3.05, 3.63) is 53.2 Å². The quantitative estimate of drug-likeness (QED) is 0.275.